The van der Waals surface area contributed by atoms with E-state index in [-0.39, 0.29) is 12.3 Å². The van der Waals surface area contributed by atoms with Crippen molar-refractivity contribution < 1.29 is 19.1 Å². The molecule has 0 saturated carbocycles. The Labute approximate surface area is 197 Å². The second-order valence-electron chi connectivity index (χ2n) is 9.59. The third-order valence-electron chi connectivity index (χ3n) is 5.47. The molecular weight excluding hydrogens is 419 g/mol. The van der Waals surface area contributed by atoms with Gasteiger partial charge in [0.1, 0.15) is 5.82 Å². The zero-order valence-electron chi connectivity index (χ0n) is 20.6. The van der Waals surface area contributed by atoms with E-state index in [1.54, 1.807) is 25.1 Å². The van der Waals surface area contributed by atoms with Crippen molar-refractivity contribution in [3.63, 3.8) is 0 Å². The number of carbonyl (C=O) groups is 2. The zero-order valence-corrected chi connectivity index (χ0v) is 20.6. The van der Waals surface area contributed by atoms with Crippen LogP contribution >= 0.6 is 0 Å². The molecule has 5 nitrogen and oxygen atoms in total. The van der Waals surface area contributed by atoms with Crippen LogP contribution in [0.15, 0.2) is 36.4 Å². The van der Waals surface area contributed by atoms with Gasteiger partial charge in [-0.05, 0) is 60.1 Å². The van der Waals surface area contributed by atoms with E-state index in [1.165, 1.54) is 6.07 Å². The number of rotatable bonds is 11. The van der Waals surface area contributed by atoms with Crippen molar-refractivity contribution >= 4 is 23.3 Å². The van der Waals surface area contributed by atoms with E-state index in [1.807, 2.05) is 19.1 Å². The number of nitrogens with zero attached hydrogens (tertiary/aromatic N) is 1. The van der Waals surface area contributed by atoms with Gasteiger partial charge in [-0.3, -0.25) is 9.59 Å². The average Bonchev–Trinajstić information content (AvgIpc) is 2.69. The van der Waals surface area contributed by atoms with Gasteiger partial charge >= 0.3 is 5.97 Å². The summed E-state index contributed by atoms with van der Waals surface area (Å²) in [5, 5.41) is 12.6. The number of amides is 1. The van der Waals surface area contributed by atoms with Gasteiger partial charge in [-0.15, -0.1) is 0 Å². The first-order valence-corrected chi connectivity index (χ1v) is 11.7. The number of aryl methyl sites for hydroxylation is 1. The monoisotopic (exact) mass is 456 g/mol. The Balaban J connectivity index is 2.44. The molecule has 0 spiro atoms. The lowest BCUT2D eigenvalue weighted by molar-refractivity contribution is -0.138. The summed E-state index contributed by atoms with van der Waals surface area (Å²) in [5.41, 5.74) is 3.17. The van der Waals surface area contributed by atoms with Gasteiger partial charge in [0.2, 0.25) is 5.91 Å². The number of hydrogen-bond donors (Lipinski definition) is 2. The van der Waals surface area contributed by atoms with Crippen LogP contribution in [-0.4, -0.2) is 30.1 Å². The van der Waals surface area contributed by atoms with Crippen molar-refractivity contribution in [2.45, 2.75) is 60.3 Å². The maximum Gasteiger partial charge on any atom is 0.310 e. The summed E-state index contributed by atoms with van der Waals surface area (Å²) in [6, 6.07) is 10.3. The molecule has 0 aliphatic carbocycles. The number of hydrogen-bond acceptors (Lipinski definition) is 3. The van der Waals surface area contributed by atoms with E-state index in [0.717, 1.165) is 24.3 Å². The summed E-state index contributed by atoms with van der Waals surface area (Å²) in [7, 11) is 0. The van der Waals surface area contributed by atoms with Crippen LogP contribution in [0.5, 0.6) is 0 Å². The molecule has 0 bridgehead atoms. The van der Waals surface area contributed by atoms with E-state index in [0.29, 0.717) is 35.1 Å². The number of aliphatic carboxylic acids is 1. The number of carboxylic acids is 1. The van der Waals surface area contributed by atoms with Crippen molar-refractivity contribution in [2.24, 2.45) is 11.8 Å². The number of nitrogens with one attached hydrogen (secondary N) is 1. The highest BCUT2D eigenvalue weighted by Gasteiger charge is 2.22. The summed E-state index contributed by atoms with van der Waals surface area (Å²) in [6.07, 6.45) is 0.346. The van der Waals surface area contributed by atoms with Crippen LogP contribution in [0.4, 0.5) is 15.8 Å². The molecule has 1 atom stereocenters. The molecule has 0 radical (unpaired) electrons. The molecule has 2 rings (SSSR count). The fourth-order valence-electron chi connectivity index (χ4n) is 4.02. The lowest BCUT2D eigenvalue weighted by Gasteiger charge is -2.31. The largest absolute Gasteiger partial charge is 0.481 e. The highest BCUT2D eigenvalue weighted by molar-refractivity contribution is 5.96. The lowest BCUT2D eigenvalue weighted by Crippen LogP contribution is -2.32. The minimum atomic E-state index is -0.898. The quantitative estimate of drug-likeness (QED) is 0.434. The number of carboxylic acid groups (broad SMARTS) is 1. The van der Waals surface area contributed by atoms with Crippen molar-refractivity contribution in [3.05, 3.63) is 58.9 Å². The Kier molecular flexibility index (Phi) is 9.44. The van der Waals surface area contributed by atoms with Crippen LogP contribution in [0.3, 0.4) is 0 Å². The number of anilines is 2. The predicted molar refractivity (Wildman–Crippen MR) is 132 cm³/mol. The molecule has 0 fully saturated rings. The summed E-state index contributed by atoms with van der Waals surface area (Å²) in [6.45, 7) is 13.8. The average molecular weight is 457 g/mol. The number of halogens is 1. The molecule has 180 valence electrons. The number of carbonyl (C=O) groups excluding carboxylic acids is 1. The van der Waals surface area contributed by atoms with Crippen molar-refractivity contribution in [1.29, 1.82) is 0 Å². The first-order valence-electron chi connectivity index (χ1n) is 11.7. The Morgan fingerprint density at radius 3 is 2.18 bits per heavy atom. The van der Waals surface area contributed by atoms with Crippen LogP contribution in [-0.2, 0) is 16.0 Å². The van der Waals surface area contributed by atoms with Crippen LogP contribution in [0.2, 0.25) is 0 Å². The van der Waals surface area contributed by atoms with E-state index in [4.69, 9.17) is 0 Å². The molecule has 0 aromatic heterocycles. The van der Waals surface area contributed by atoms with Crippen LogP contribution < -0.4 is 10.2 Å². The normalized spacial score (nSPS) is 12.2. The second kappa shape index (κ2) is 11.8. The van der Waals surface area contributed by atoms with Crippen LogP contribution in [0.1, 0.15) is 63.6 Å². The molecular formula is C27H37FN2O3. The topological polar surface area (TPSA) is 69.6 Å². The maximum atomic E-state index is 14.3. The second-order valence-corrected chi connectivity index (χ2v) is 9.59. The molecule has 0 heterocycles. The lowest BCUT2D eigenvalue weighted by atomic mass is 9.95. The zero-order chi connectivity index (χ0) is 24.7. The smallest absolute Gasteiger partial charge is 0.310 e. The summed E-state index contributed by atoms with van der Waals surface area (Å²) in [4.78, 5) is 26.9. The van der Waals surface area contributed by atoms with Gasteiger partial charge in [0.15, 0.2) is 0 Å². The van der Waals surface area contributed by atoms with Gasteiger partial charge < -0.3 is 15.3 Å². The third kappa shape index (κ3) is 7.58. The van der Waals surface area contributed by atoms with Crippen molar-refractivity contribution in [1.82, 2.24) is 0 Å². The van der Waals surface area contributed by atoms with Crippen molar-refractivity contribution in [2.75, 3.05) is 23.3 Å². The van der Waals surface area contributed by atoms with E-state index >= 15 is 0 Å². The Bertz CT molecular complexity index is 962. The summed E-state index contributed by atoms with van der Waals surface area (Å²) in [5.74, 6) is -1.50. The van der Waals surface area contributed by atoms with Crippen molar-refractivity contribution in [3.8, 4) is 0 Å². The Morgan fingerprint density at radius 1 is 1.03 bits per heavy atom. The summed E-state index contributed by atoms with van der Waals surface area (Å²) < 4.78 is 14.3. The van der Waals surface area contributed by atoms with Gasteiger partial charge in [-0.25, -0.2) is 4.39 Å². The standard InChI is InChI=1S/C27H37FN2O3/c1-7-22(27(32)33)20-10-11-25(30(15-17(2)3)16-18(4)5)24(13-20)29-26(31)14-21-9-8-19(6)12-23(21)28/h8-13,17-18,22H,7,14-16H2,1-6H3,(H,29,31)(H,32,33). The van der Waals surface area contributed by atoms with Gasteiger partial charge in [0.25, 0.3) is 0 Å². The van der Waals surface area contributed by atoms with Gasteiger partial charge in [-0.2, -0.15) is 0 Å². The third-order valence-corrected chi connectivity index (χ3v) is 5.47. The predicted octanol–water partition coefficient (Wildman–Crippen LogP) is 6.01. The maximum absolute atomic E-state index is 14.3. The molecule has 0 aliphatic heterocycles. The Hall–Kier alpha value is -2.89. The first kappa shape index (κ1) is 26.4. The van der Waals surface area contributed by atoms with Gasteiger partial charge in [0.05, 0.1) is 23.7 Å². The molecule has 6 heteroatoms. The molecule has 33 heavy (non-hydrogen) atoms. The van der Waals surface area contributed by atoms with E-state index in [9.17, 15) is 19.1 Å². The molecule has 0 aliphatic rings. The highest BCUT2D eigenvalue weighted by Crippen LogP contribution is 2.33. The minimum Gasteiger partial charge on any atom is -0.481 e. The first-order chi connectivity index (χ1) is 15.5. The highest BCUT2D eigenvalue weighted by atomic mass is 19.1. The summed E-state index contributed by atoms with van der Waals surface area (Å²) >= 11 is 0. The fraction of sp³-hybridized carbons (Fsp3) is 0.481. The fourth-order valence-corrected chi connectivity index (χ4v) is 4.02. The van der Waals surface area contributed by atoms with Crippen LogP contribution in [0.25, 0.3) is 0 Å². The van der Waals surface area contributed by atoms with E-state index in [2.05, 4.69) is 37.9 Å². The molecule has 0 saturated heterocycles. The molecule has 1 amide bonds. The number of benzene rings is 2. The molecule has 2 aromatic carbocycles. The molecule has 2 aromatic rings. The SMILES string of the molecule is CCC(C(=O)O)c1ccc(N(CC(C)C)CC(C)C)c(NC(=O)Cc2ccc(C)cc2F)c1. The van der Waals surface area contributed by atoms with Gasteiger partial charge in [-0.1, -0.05) is 52.8 Å². The van der Waals surface area contributed by atoms with Gasteiger partial charge in [0, 0.05) is 13.1 Å². The molecule has 1 unspecified atom stereocenters. The van der Waals surface area contributed by atoms with E-state index < -0.39 is 17.7 Å². The minimum absolute atomic E-state index is 0.0969. The van der Waals surface area contributed by atoms with Crippen LogP contribution in [0, 0.1) is 24.6 Å². The molecule has 2 N–H and O–H groups in total. The Morgan fingerprint density at radius 2 is 1.67 bits per heavy atom.